The predicted octanol–water partition coefficient (Wildman–Crippen LogP) is 2.51. The monoisotopic (exact) mass is 349 g/mol. The molecule has 7 nitrogen and oxygen atoms in total. The van der Waals surface area contributed by atoms with Crippen molar-refractivity contribution in [1.82, 2.24) is 10.2 Å². The van der Waals surface area contributed by atoms with E-state index in [1.54, 1.807) is 12.3 Å². The summed E-state index contributed by atoms with van der Waals surface area (Å²) in [7, 11) is -4.23. The summed E-state index contributed by atoms with van der Waals surface area (Å²) in [6.45, 7) is 1.85. The number of benzene rings is 2. The van der Waals surface area contributed by atoms with Gasteiger partial charge in [-0.05, 0) is 36.8 Å². The average Bonchev–Trinajstić information content (AvgIpc) is 3.00. The maximum absolute atomic E-state index is 14.0. The maximum Gasteiger partial charge on any atom is 0.335 e. The average molecular weight is 349 g/mol. The van der Waals surface area contributed by atoms with Gasteiger partial charge in [0.25, 0.3) is 10.0 Å². The van der Waals surface area contributed by atoms with Gasteiger partial charge in [0, 0.05) is 5.39 Å². The second-order valence-corrected chi connectivity index (χ2v) is 6.80. The second-order valence-electron chi connectivity index (χ2n) is 5.14. The van der Waals surface area contributed by atoms with Gasteiger partial charge in [-0.2, -0.15) is 5.10 Å². The number of rotatable bonds is 4. The minimum absolute atomic E-state index is 0.217. The van der Waals surface area contributed by atoms with E-state index in [4.69, 9.17) is 5.11 Å². The van der Waals surface area contributed by atoms with E-state index in [0.717, 1.165) is 23.1 Å². The van der Waals surface area contributed by atoms with Gasteiger partial charge in [-0.1, -0.05) is 6.07 Å². The van der Waals surface area contributed by atoms with Crippen molar-refractivity contribution in [3.05, 3.63) is 53.5 Å². The Morgan fingerprint density at radius 3 is 2.71 bits per heavy atom. The standard InChI is InChI=1S/C15H12FN3O4S/c1-8-2-4-12(14-10(8)7-17-18-14)19-24(22,23)13-5-3-9(15(20)21)6-11(13)16/h2-7,19H,1H3,(H,17,18)(H,20,21). The van der Waals surface area contributed by atoms with Gasteiger partial charge < -0.3 is 5.11 Å². The molecule has 24 heavy (non-hydrogen) atoms. The summed E-state index contributed by atoms with van der Waals surface area (Å²) in [5.74, 6) is -2.49. The normalized spacial score (nSPS) is 11.6. The summed E-state index contributed by atoms with van der Waals surface area (Å²) in [6, 6.07) is 5.86. The van der Waals surface area contributed by atoms with Crippen molar-refractivity contribution in [2.24, 2.45) is 0 Å². The van der Waals surface area contributed by atoms with Gasteiger partial charge in [0.15, 0.2) is 0 Å². The molecular weight excluding hydrogens is 337 g/mol. The zero-order valence-electron chi connectivity index (χ0n) is 12.4. The quantitative estimate of drug-likeness (QED) is 0.670. The lowest BCUT2D eigenvalue weighted by Gasteiger charge is -2.10. The van der Waals surface area contributed by atoms with Crippen LogP contribution in [0.15, 0.2) is 41.4 Å². The van der Waals surface area contributed by atoms with Crippen LogP contribution in [0.25, 0.3) is 10.9 Å². The smallest absolute Gasteiger partial charge is 0.335 e. The SMILES string of the molecule is Cc1ccc(NS(=O)(=O)c2ccc(C(=O)O)cc2F)c2[nH]ncc12. The number of aryl methyl sites for hydroxylation is 1. The molecule has 2 aromatic carbocycles. The van der Waals surface area contributed by atoms with Crippen LogP contribution < -0.4 is 4.72 Å². The van der Waals surface area contributed by atoms with E-state index in [2.05, 4.69) is 14.9 Å². The molecule has 9 heteroatoms. The Bertz CT molecular complexity index is 1060. The number of hydrogen-bond acceptors (Lipinski definition) is 4. The minimum atomic E-state index is -4.23. The lowest BCUT2D eigenvalue weighted by molar-refractivity contribution is 0.0696. The number of nitrogens with zero attached hydrogens (tertiary/aromatic N) is 1. The number of nitrogens with one attached hydrogen (secondary N) is 2. The number of anilines is 1. The number of aromatic nitrogens is 2. The van der Waals surface area contributed by atoms with Gasteiger partial charge in [0.2, 0.25) is 0 Å². The molecule has 0 spiro atoms. The summed E-state index contributed by atoms with van der Waals surface area (Å²) >= 11 is 0. The fourth-order valence-electron chi connectivity index (χ4n) is 2.31. The highest BCUT2D eigenvalue weighted by Gasteiger charge is 2.22. The first-order chi connectivity index (χ1) is 11.3. The largest absolute Gasteiger partial charge is 0.478 e. The van der Waals surface area contributed by atoms with Crippen LogP contribution in [0.5, 0.6) is 0 Å². The van der Waals surface area contributed by atoms with Crippen molar-refractivity contribution in [1.29, 1.82) is 0 Å². The van der Waals surface area contributed by atoms with Crippen LogP contribution in [0, 0.1) is 12.7 Å². The lowest BCUT2D eigenvalue weighted by Crippen LogP contribution is -2.15. The van der Waals surface area contributed by atoms with Crippen molar-refractivity contribution in [2.45, 2.75) is 11.8 Å². The summed E-state index contributed by atoms with van der Waals surface area (Å²) in [4.78, 5) is 10.2. The number of carboxylic acid groups (broad SMARTS) is 1. The number of fused-ring (bicyclic) bond motifs is 1. The molecule has 0 aliphatic carbocycles. The molecule has 3 N–H and O–H groups in total. The van der Waals surface area contributed by atoms with E-state index in [0.29, 0.717) is 11.6 Å². The van der Waals surface area contributed by atoms with Crippen molar-refractivity contribution >= 4 is 32.6 Å². The van der Waals surface area contributed by atoms with Crippen molar-refractivity contribution in [2.75, 3.05) is 4.72 Å². The van der Waals surface area contributed by atoms with Gasteiger partial charge in [-0.3, -0.25) is 9.82 Å². The Morgan fingerprint density at radius 1 is 1.29 bits per heavy atom. The number of halogens is 1. The van der Waals surface area contributed by atoms with E-state index < -0.39 is 26.7 Å². The Hall–Kier alpha value is -2.94. The fraction of sp³-hybridized carbons (Fsp3) is 0.0667. The Morgan fingerprint density at radius 2 is 2.04 bits per heavy atom. The molecule has 0 aliphatic rings. The van der Waals surface area contributed by atoms with Crippen molar-refractivity contribution < 1.29 is 22.7 Å². The molecule has 0 bridgehead atoms. The summed E-state index contributed by atoms with van der Waals surface area (Å²) < 4.78 is 41.2. The fourth-order valence-corrected chi connectivity index (χ4v) is 3.44. The maximum atomic E-state index is 14.0. The highest BCUT2D eigenvalue weighted by atomic mass is 32.2. The number of hydrogen-bond donors (Lipinski definition) is 3. The first kappa shape index (κ1) is 15.9. The van der Waals surface area contributed by atoms with Crippen molar-refractivity contribution in [3.8, 4) is 0 Å². The predicted molar refractivity (Wildman–Crippen MR) is 85.0 cm³/mol. The van der Waals surface area contributed by atoms with Crippen LogP contribution in [0.2, 0.25) is 0 Å². The number of aromatic carboxylic acids is 1. The van der Waals surface area contributed by atoms with Crippen molar-refractivity contribution in [3.63, 3.8) is 0 Å². The molecule has 0 unspecified atom stereocenters. The Balaban J connectivity index is 2.04. The van der Waals surface area contributed by atoms with Crippen LogP contribution in [0.1, 0.15) is 15.9 Å². The molecule has 3 rings (SSSR count). The molecule has 3 aromatic rings. The molecule has 0 amide bonds. The highest BCUT2D eigenvalue weighted by Crippen LogP contribution is 2.27. The molecule has 0 aliphatic heterocycles. The molecule has 1 aromatic heterocycles. The van der Waals surface area contributed by atoms with Crippen LogP contribution >= 0.6 is 0 Å². The number of carbonyl (C=O) groups is 1. The molecule has 0 saturated carbocycles. The van der Waals surface area contributed by atoms with Gasteiger partial charge in [-0.25, -0.2) is 17.6 Å². The van der Waals surface area contributed by atoms with E-state index in [1.165, 1.54) is 6.07 Å². The topological polar surface area (TPSA) is 112 Å². The van der Waals surface area contributed by atoms with E-state index >= 15 is 0 Å². The summed E-state index contributed by atoms with van der Waals surface area (Å²) in [6.07, 6.45) is 1.56. The third kappa shape index (κ3) is 2.69. The van der Waals surface area contributed by atoms with Gasteiger partial charge in [0.1, 0.15) is 10.7 Å². The molecular formula is C15H12FN3O4S. The van der Waals surface area contributed by atoms with E-state index in [9.17, 15) is 17.6 Å². The summed E-state index contributed by atoms with van der Waals surface area (Å²) in [5, 5.41) is 16.1. The highest BCUT2D eigenvalue weighted by molar-refractivity contribution is 7.92. The lowest BCUT2D eigenvalue weighted by atomic mass is 10.1. The molecule has 0 fully saturated rings. The molecule has 124 valence electrons. The molecule has 0 radical (unpaired) electrons. The number of H-pyrrole nitrogens is 1. The molecule has 0 atom stereocenters. The van der Waals surface area contributed by atoms with Gasteiger partial charge >= 0.3 is 5.97 Å². The Kier molecular flexibility index (Phi) is 3.72. The zero-order chi connectivity index (χ0) is 17.5. The Labute approximate surface area is 136 Å². The third-order valence-corrected chi connectivity index (χ3v) is 4.94. The third-order valence-electron chi connectivity index (χ3n) is 3.55. The first-order valence-corrected chi connectivity index (χ1v) is 8.26. The van der Waals surface area contributed by atoms with Crippen LogP contribution in [0.3, 0.4) is 0 Å². The summed E-state index contributed by atoms with van der Waals surface area (Å²) in [5.41, 5.74) is 1.26. The van der Waals surface area contributed by atoms with Crippen LogP contribution in [-0.2, 0) is 10.0 Å². The van der Waals surface area contributed by atoms with Crippen LogP contribution in [-0.4, -0.2) is 29.7 Å². The number of aromatic amines is 1. The van der Waals surface area contributed by atoms with Gasteiger partial charge in [-0.15, -0.1) is 0 Å². The van der Waals surface area contributed by atoms with Gasteiger partial charge in [0.05, 0.1) is 23.0 Å². The van der Waals surface area contributed by atoms with E-state index in [-0.39, 0.29) is 11.3 Å². The number of carboxylic acids is 1. The first-order valence-electron chi connectivity index (χ1n) is 6.78. The second kappa shape index (κ2) is 5.60. The number of sulfonamides is 1. The van der Waals surface area contributed by atoms with E-state index in [1.807, 2.05) is 6.92 Å². The van der Waals surface area contributed by atoms with Crippen LogP contribution in [0.4, 0.5) is 10.1 Å². The minimum Gasteiger partial charge on any atom is -0.478 e. The molecule has 0 saturated heterocycles. The zero-order valence-corrected chi connectivity index (χ0v) is 13.2. The molecule has 1 heterocycles.